The third-order valence-electron chi connectivity index (χ3n) is 3.31. The van der Waals surface area contributed by atoms with E-state index in [1.807, 2.05) is 33.8 Å². The van der Waals surface area contributed by atoms with E-state index in [2.05, 4.69) is 0 Å². The van der Waals surface area contributed by atoms with Crippen LogP contribution in [-0.2, 0) is 4.79 Å². The zero-order valence-corrected chi connectivity index (χ0v) is 14.1. The first-order valence-electron chi connectivity index (χ1n) is 7.38. The van der Waals surface area contributed by atoms with Gasteiger partial charge in [0.05, 0.1) is 18.7 Å². The molecule has 1 aromatic rings. The quantitative estimate of drug-likeness (QED) is 0.810. The van der Waals surface area contributed by atoms with Crippen LogP contribution in [0.3, 0.4) is 0 Å². The highest BCUT2D eigenvalue weighted by Crippen LogP contribution is 2.29. The molecule has 5 heteroatoms. The summed E-state index contributed by atoms with van der Waals surface area (Å²) in [5.41, 5.74) is 0.481. The van der Waals surface area contributed by atoms with Gasteiger partial charge in [0.15, 0.2) is 17.6 Å². The van der Waals surface area contributed by atoms with Crippen LogP contribution in [0.25, 0.3) is 0 Å². The summed E-state index contributed by atoms with van der Waals surface area (Å²) in [6, 6.07) is 7.12. The Morgan fingerprint density at radius 2 is 1.73 bits per heavy atom. The lowest BCUT2D eigenvalue weighted by molar-refractivity contribution is -0.141. The number of nitriles is 1. The topological polar surface area (TPSA) is 62.6 Å². The van der Waals surface area contributed by atoms with Gasteiger partial charge in [0.1, 0.15) is 0 Å². The Hall–Kier alpha value is -2.22. The summed E-state index contributed by atoms with van der Waals surface area (Å²) in [7, 11) is 1.50. The molecule has 0 spiro atoms. The van der Waals surface area contributed by atoms with Crippen molar-refractivity contribution in [3.8, 4) is 17.6 Å². The molecule has 1 amide bonds. The molecule has 0 N–H and O–H groups in total. The van der Waals surface area contributed by atoms with Crippen molar-refractivity contribution in [2.24, 2.45) is 0 Å². The molecular formula is C17H24N2O3. The first-order valence-corrected chi connectivity index (χ1v) is 7.38. The lowest BCUT2D eigenvalue weighted by Gasteiger charge is -2.33. The maximum atomic E-state index is 12.6. The molecule has 1 rings (SSSR count). The van der Waals surface area contributed by atoms with Crippen LogP contribution in [0.4, 0.5) is 0 Å². The summed E-state index contributed by atoms with van der Waals surface area (Å²) in [5, 5.41) is 8.91. The van der Waals surface area contributed by atoms with Crippen molar-refractivity contribution in [3.05, 3.63) is 23.8 Å². The van der Waals surface area contributed by atoms with Crippen molar-refractivity contribution in [1.82, 2.24) is 4.90 Å². The van der Waals surface area contributed by atoms with E-state index in [-0.39, 0.29) is 18.0 Å². The molecule has 0 heterocycles. The Bertz CT molecular complexity index is 554. The van der Waals surface area contributed by atoms with Gasteiger partial charge in [0.2, 0.25) is 0 Å². The Kier molecular flexibility index (Phi) is 6.24. The second-order valence-electron chi connectivity index (χ2n) is 5.67. The van der Waals surface area contributed by atoms with Crippen LogP contribution in [0.2, 0.25) is 0 Å². The number of rotatable bonds is 6. The fourth-order valence-electron chi connectivity index (χ4n) is 2.39. The molecule has 1 atom stereocenters. The smallest absolute Gasteiger partial charge is 0.263 e. The van der Waals surface area contributed by atoms with E-state index >= 15 is 0 Å². The summed E-state index contributed by atoms with van der Waals surface area (Å²) in [5.74, 6) is 0.825. The van der Waals surface area contributed by atoms with E-state index in [4.69, 9.17) is 14.7 Å². The van der Waals surface area contributed by atoms with Crippen molar-refractivity contribution in [3.63, 3.8) is 0 Å². The summed E-state index contributed by atoms with van der Waals surface area (Å²) >= 11 is 0. The van der Waals surface area contributed by atoms with Crippen LogP contribution >= 0.6 is 0 Å². The highest BCUT2D eigenvalue weighted by molar-refractivity contribution is 5.81. The van der Waals surface area contributed by atoms with Crippen LogP contribution in [0, 0.1) is 11.3 Å². The molecule has 0 fully saturated rings. The van der Waals surface area contributed by atoms with Gasteiger partial charge in [0, 0.05) is 18.2 Å². The number of hydrogen-bond acceptors (Lipinski definition) is 4. The van der Waals surface area contributed by atoms with Crippen LogP contribution in [-0.4, -0.2) is 36.1 Å². The number of hydrogen-bond donors (Lipinski definition) is 0. The van der Waals surface area contributed by atoms with Crippen molar-refractivity contribution in [2.75, 3.05) is 7.11 Å². The van der Waals surface area contributed by atoms with Crippen LogP contribution < -0.4 is 9.47 Å². The zero-order valence-electron chi connectivity index (χ0n) is 14.1. The Morgan fingerprint density at radius 1 is 1.14 bits per heavy atom. The van der Waals surface area contributed by atoms with E-state index in [9.17, 15) is 4.79 Å². The number of amides is 1. The molecule has 5 nitrogen and oxygen atoms in total. The highest BCUT2D eigenvalue weighted by Gasteiger charge is 2.27. The molecule has 0 bridgehead atoms. The van der Waals surface area contributed by atoms with Gasteiger partial charge in [-0.15, -0.1) is 0 Å². The largest absolute Gasteiger partial charge is 0.493 e. The van der Waals surface area contributed by atoms with E-state index in [0.29, 0.717) is 17.1 Å². The van der Waals surface area contributed by atoms with Crippen molar-refractivity contribution < 1.29 is 14.3 Å². The molecule has 0 radical (unpaired) electrons. The summed E-state index contributed by atoms with van der Waals surface area (Å²) in [6.07, 6.45) is -0.633. The molecular weight excluding hydrogens is 280 g/mol. The highest BCUT2D eigenvalue weighted by atomic mass is 16.5. The fraction of sp³-hybridized carbons (Fsp3) is 0.529. The third-order valence-corrected chi connectivity index (χ3v) is 3.31. The van der Waals surface area contributed by atoms with Gasteiger partial charge in [0.25, 0.3) is 5.91 Å². The van der Waals surface area contributed by atoms with E-state index in [1.54, 1.807) is 30.0 Å². The number of carbonyl (C=O) groups is 1. The third kappa shape index (κ3) is 4.14. The van der Waals surface area contributed by atoms with E-state index in [1.165, 1.54) is 7.11 Å². The molecule has 0 aliphatic heterocycles. The van der Waals surface area contributed by atoms with Gasteiger partial charge in [-0.1, -0.05) is 0 Å². The summed E-state index contributed by atoms with van der Waals surface area (Å²) < 4.78 is 11.0. The van der Waals surface area contributed by atoms with Crippen LogP contribution in [0.1, 0.15) is 40.2 Å². The molecule has 0 aliphatic rings. The number of methoxy groups -OCH3 is 1. The molecule has 0 aromatic heterocycles. The number of ether oxygens (including phenoxy) is 2. The minimum atomic E-state index is -0.633. The monoisotopic (exact) mass is 304 g/mol. The van der Waals surface area contributed by atoms with Gasteiger partial charge >= 0.3 is 0 Å². The minimum Gasteiger partial charge on any atom is -0.493 e. The number of nitrogens with zero attached hydrogens (tertiary/aromatic N) is 2. The van der Waals surface area contributed by atoms with E-state index in [0.717, 1.165) is 0 Å². The van der Waals surface area contributed by atoms with Crippen LogP contribution in [0.15, 0.2) is 18.2 Å². The van der Waals surface area contributed by atoms with Crippen molar-refractivity contribution in [2.45, 2.75) is 52.8 Å². The molecule has 1 aromatic carbocycles. The van der Waals surface area contributed by atoms with Gasteiger partial charge in [-0.25, -0.2) is 0 Å². The minimum absolute atomic E-state index is 0.0728. The normalized spacial score (nSPS) is 12.0. The van der Waals surface area contributed by atoms with E-state index < -0.39 is 6.10 Å². The average molecular weight is 304 g/mol. The van der Waals surface area contributed by atoms with Gasteiger partial charge in [-0.2, -0.15) is 5.26 Å². The van der Waals surface area contributed by atoms with Crippen molar-refractivity contribution in [1.29, 1.82) is 5.26 Å². The molecule has 0 saturated carbocycles. The summed E-state index contributed by atoms with van der Waals surface area (Å²) in [4.78, 5) is 14.4. The fourth-order valence-corrected chi connectivity index (χ4v) is 2.39. The molecule has 120 valence electrons. The summed E-state index contributed by atoms with van der Waals surface area (Å²) in [6.45, 7) is 9.64. The lowest BCUT2D eigenvalue weighted by atomic mass is 10.2. The maximum Gasteiger partial charge on any atom is 0.263 e. The second kappa shape index (κ2) is 7.69. The first kappa shape index (κ1) is 17.8. The first-order chi connectivity index (χ1) is 10.3. The van der Waals surface area contributed by atoms with Gasteiger partial charge in [-0.3, -0.25) is 4.79 Å². The Morgan fingerprint density at radius 3 is 2.18 bits per heavy atom. The predicted octanol–water partition coefficient (Wildman–Crippen LogP) is 2.98. The maximum absolute atomic E-state index is 12.6. The lowest BCUT2D eigenvalue weighted by Crippen LogP contribution is -2.48. The van der Waals surface area contributed by atoms with Gasteiger partial charge in [-0.05, 0) is 46.8 Å². The molecule has 22 heavy (non-hydrogen) atoms. The van der Waals surface area contributed by atoms with Crippen LogP contribution in [0.5, 0.6) is 11.5 Å². The Balaban J connectivity index is 2.95. The molecule has 0 unspecified atom stereocenters. The second-order valence-corrected chi connectivity index (χ2v) is 5.67. The standard InChI is InChI=1S/C17H24N2O3/c1-11(2)19(12(3)4)17(20)13(5)22-15-8-7-14(10-18)9-16(15)21-6/h7-9,11-13H,1-6H3/t13-/m0/s1. The molecule has 0 saturated heterocycles. The number of carbonyl (C=O) groups excluding carboxylic acids is 1. The predicted molar refractivity (Wildman–Crippen MR) is 84.9 cm³/mol. The number of benzene rings is 1. The Labute approximate surface area is 132 Å². The molecule has 0 aliphatic carbocycles. The average Bonchev–Trinajstić information content (AvgIpc) is 2.46. The van der Waals surface area contributed by atoms with Crippen molar-refractivity contribution >= 4 is 5.91 Å². The SMILES string of the molecule is COc1cc(C#N)ccc1O[C@@H](C)C(=O)N(C(C)C)C(C)C. The van der Waals surface area contributed by atoms with Gasteiger partial charge < -0.3 is 14.4 Å². The zero-order chi connectivity index (χ0) is 16.9.